The van der Waals surface area contributed by atoms with Gasteiger partial charge in [0.15, 0.2) is 0 Å². The fraction of sp³-hybridized carbons (Fsp3) is 0.118. The Morgan fingerprint density at radius 3 is 2.96 bits per heavy atom. The van der Waals surface area contributed by atoms with Gasteiger partial charge in [-0.3, -0.25) is 4.57 Å². The lowest BCUT2D eigenvalue weighted by molar-refractivity contribution is 0.243. The third-order valence-corrected chi connectivity index (χ3v) is 4.69. The zero-order chi connectivity index (χ0) is 16.4. The van der Waals surface area contributed by atoms with E-state index in [1.165, 1.54) is 6.33 Å². The highest BCUT2D eigenvalue weighted by Crippen LogP contribution is 2.39. The maximum atomic E-state index is 12.7. The summed E-state index contributed by atoms with van der Waals surface area (Å²) < 4.78 is 3.67. The van der Waals surface area contributed by atoms with Crippen LogP contribution < -0.4 is 11.1 Å². The first-order valence-electron chi connectivity index (χ1n) is 7.63. The van der Waals surface area contributed by atoms with Crippen LogP contribution in [0.4, 0.5) is 10.6 Å². The molecule has 0 fully saturated rings. The number of amides is 1. The maximum Gasteiger partial charge on any atom is 0.326 e. The molecular formula is C17H14N6O. The number of hydrogen-bond acceptors (Lipinski definition) is 4. The zero-order valence-corrected chi connectivity index (χ0v) is 12.9. The minimum absolute atomic E-state index is 0.147. The Balaban J connectivity index is 2.02. The lowest BCUT2D eigenvalue weighted by Crippen LogP contribution is -2.26. The number of nitrogens with one attached hydrogen (secondary N) is 1. The molecule has 1 aromatic carbocycles. The molecular weight excluding hydrogens is 304 g/mol. The van der Waals surface area contributed by atoms with Crippen LogP contribution in [0.3, 0.4) is 0 Å². The molecule has 4 heterocycles. The van der Waals surface area contributed by atoms with Gasteiger partial charge in [0, 0.05) is 23.7 Å². The number of rotatable bonds is 0. The van der Waals surface area contributed by atoms with Crippen LogP contribution in [0.2, 0.25) is 0 Å². The standard InChI is InChI=1S/C17H14N6O/c1-22-12-7-19-17(24)23-10-5-3-2-4-9(10)6-11(23)13(12)14-15(18)20-8-21-16(14)22/h2-6,8H,7H2,1H3,(H,19,24)(H2,18,20,21). The van der Waals surface area contributed by atoms with E-state index in [1.54, 1.807) is 4.57 Å². The van der Waals surface area contributed by atoms with Crippen molar-refractivity contribution in [1.29, 1.82) is 0 Å². The zero-order valence-electron chi connectivity index (χ0n) is 12.9. The van der Waals surface area contributed by atoms with E-state index in [2.05, 4.69) is 15.3 Å². The molecule has 1 aliphatic rings. The van der Waals surface area contributed by atoms with Crippen molar-refractivity contribution in [2.24, 2.45) is 7.05 Å². The Morgan fingerprint density at radius 1 is 1.25 bits per heavy atom. The van der Waals surface area contributed by atoms with Crippen LogP contribution in [-0.4, -0.2) is 25.1 Å². The highest BCUT2D eigenvalue weighted by Gasteiger charge is 2.28. The van der Waals surface area contributed by atoms with Crippen LogP contribution in [-0.2, 0) is 13.6 Å². The first kappa shape index (κ1) is 13.1. The molecule has 4 aromatic rings. The van der Waals surface area contributed by atoms with E-state index in [4.69, 9.17) is 5.73 Å². The summed E-state index contributed by atoms with van der Waals surface area (Å²) in [5, 5.41) is 4.76. The molecule has 0 spiro atoms. The minimum Gasteiger partial charge on any atom is -0.383 e. The van der Waals surface area contributed by atoms with Gasteiger partial charge in [-0.1, -0.05) is 18.2 Å². The number of anilines is 1. The van der Waals surface area contributed by atoms with Crippen LogP contribution in [0.5, 0.6) is 0 Å². The summed E-state index contributed by atoms with van der Waals surface area (Å²) in [6, 6.07) is 9.69. The fourth-order valence-electron chi connectivity index (χ4n) is 3.60. The number of nitrogen functional groups attached to an aromatic ring is 1. The van der Waals surface area contributed by atoms with E-state index >= 15 is 0 Å². The Bertz CT molecular complexity index is 1150. The third-order valence-electron chi connectivity index (χ3n) is 4.69. The number of fused-ring (bicyclic) bond motifs is 7. The lowest BCUT2D eigenvalue weighted by Gasteiger charge is -2.06. The number of aryl methyl sites for hydroxylation is 1. The third kappa shape index (κ3) is 1.48. The number of carbonyl (C=O) groups is 1. The molecule has 0 saturated heterocycles. The number of nitrogens with two attached hydrogens (primary N) is 1. The monoisotopic (exact) mass is 318 g/mol. The second-order valence-electron chi connectivity index (χ2n) is 5.92. The predicted octanol–water partition coefficient (Wildman–Crippen LogP) is 2.24. The van der Waals surface area contributed by atoms with Crippen molar-refractivity contribution in [3.05, 3.63) is 42.4 Å². The van der Waals surface area contributed by atoms with Crippen LogP contribution in [0.1, 0.15) is 5.69 Å². The lowest BCUT2D eigenvalue weighted by atomic mass is 10.1. The van der Waals surface area contributed by atoms with Gasteiger partial charge in [-0.2, -0.15) is 0 Å². The molecule has 3 N–H and O–H groups in total. The average molecular weight is 318 g/mol. The van der Waals surface area contributed by atoms with E-state index in [0.29, 0.717) is 12.4 Å². The largest absolute Gasteiger partial charge is 0.383 e. The van der Waals surface area contributed by atoms with Crippen molar-refractivity contribution in [2.45, 2.75) is 6.54 Å². The summed E-state index contributed by atoms with van der Waals surface area (Å²) in [5.74, 6) is 0.419. The highest BCUT2D eigenvalue weighted by atomic mass is 16.2. The summed E-state index contributed by atoms with van der Waals surface area (Å²) in [7, 11) is 1.93. The normalized spacial score (nSPS) is 13.6. The first-order valence-corrected chi connectivity index (χ1v) is 7.63. The Morgan fingerprint density at radius 2 is 2.08 bits per heavy atom. The second-order valence-corrected chi connectivity index (χ2v) is 5.92. The molecule has 1 amide bonds. The molecule has 24 heavy (non-hydrogen) atoms. The van der Waals surface area contributed by atoms with Gasteiger partial charge >= 0.3 is 6.03 Å². The number of para-hydroxylation sites is 1. The summed E-state index contributed by atoms with van der Waals surface area (Å²) >= 11 is 0. The topological polar surface area (TPSA) is 90.8 Å². The van der Waals surface area contributed by atoms with E-state index in [9.17, 15) is 4.79 Å². The molecule has 5 rings (SSSR count). The second kappa shape index (κ2) is 4.35. The highest BCUT2D eigenvalue weighted by molar-refractivity contribution is 6.07. The van der Waals surface area contributed by atoms with Crippen LogP contribution >= 0.6 is 0 Å². The van der Waals surface area contributed by atoms with Gasteiger partial charge in [-0.15, -0.1) is 0 Å². The average Bonchev–Trinajstić information content (AvgIpc) is 3.05. The van der Waals surface area contributed by atoms with Gasteiger partial charge in [0.2, 0.25) is 0 Å². The molecule has 118 valence electrons. The summed E-state index contributed by atoms with van der Waals surface area (Å²) in [4.78, 5) is 21.2. The number of hydrogen-bond donors (Lipinski definition) is 2. The molecule has 0 saturated carbocycles. The van der Waals surface area contributed by atoms with Crippen LogP contribution in [0.15, 0.2) is 36.7 Å². The fourth-order valence-corrected chi connectivity index (χ4v) is 3.60. The van der Waals surface area contributed by atoms with Gasteiger partial charge in [0.25, 0.3) is 0 Å². The number of benzene rings is 1. The smallest absolute Gasteiger partial charge is 0.326 e. The minimum atomic E-state index is -0.147. The van der Waals surface area contributed by atoms with Gasteiger partial charge in [-0.05, 0) is 12.1 Å². The molecule has 3 aromatic heterocycles. The molecule has 0 atom stereocenters. The number of aromatic nitrogens is 4. The van der Waals surface area contributed by atoms with Gasteiger partial charge in [-0.25, -0.2) is 14.8 Å². The van der Waals surface area contributed by atoms with Crippen LogP contribution in [0, 0.1) is 0 Å². The van der Waals surface area contributed by atoms with Crippen molar-refractivity contribution < 1.29 is 4.79 Å². The van der Waals surface area contributed by atoms with Crippen molar-refractivity contribution >= 4 is 33.8 Å². The van der Waals surface area contributed by atoms with E-state index in [0.717, 1.165) is 38.9 Å². The SMILES string of the molecule is Cn1c2c(c3c(N)ncnc31)-c1cc3ccccc3n1C(=O)NC2. The number of nitrogens with zero attached hydrogens (tertiary/aromatic N) is 4. The summed E-state index contributed by atoms with van der Waals surface area (Å²) in [6.07, 6.45) is 1.46. The van der Waals surface area contributed by atoms with Gasteiger partial charge in [0.1, 0.15) is 17.8 Å². The van der Waals surface area contributed by atoms with E-state index in [-0.39, 0.29) is 6.03 Å². The molecule has 7 heteroatoms. The summed E-state index contributed by atoms with van der Waals surface area (Å²) in [5.41, 5.74) is 10.5. The molecule has 0 bridgehead atoms. The van der Waals surface area contributed by atoms with Crippen molar-refractivity contribution in [2.75, 3.05) is 5.73 Å². The number of carbonyl (C=O) groups excluding carboxylic acids is 1. The molecule has 7 nitrogen and oxygen atoms in total. The Labute approximate surface area is 136 Å². The Kier molecular flexibility index (Phi) is 2.38. The van der Waals surface area contributed by atoms with Crippen molar-refractivity contribution in [3.63, 3.8) is 0 Å². The maximum absolute atomic E-state index is 12.7. The molecule has 0 aliphatic carbocycles. The van der Waals surface area contributed by atoms with Crippen molar-refractivity contribution in [3.8, 4) is 11.3 Å². The van der Waals surface area contributed by atoms with Crippen LogP contribution in [0.25, 0.3) is 33.2 Å². The van der Waals surface area contributed by atoms with Gasteiger partial charge in [0.05, 0.1) is 23.1 Å². The molecule has 1 aliphatic heterocycles. The van der Waals surface area contributed by atoms with E-state index in [1.807, 2.05) is 41.9 Å². The molecule has 0 unspecified atom stereocenters. The summed E-state index contributed by atoms with van der Waals surface area (Å²) in [6.45, 7) is 0.413. The first-order chi connectivity index (χ1) is 11.7. The molecule has 0 radical (unpaired) electrons. The Hall–Kier alpha value is -3.35. The van der Waals surface area contributed by atoms with Crippen molar-refractivity contribution in [1.82, 2.24) is 24.4 Å². The predicted molar refractivity (Wildman–Crippen MR) is 91.5 cm³/mol. The quantitative estimate of drug-likeness (QED) is 0.520. The van der Waals surface area contributed by atoms with Gasteiger partial charge < -0.3 is 15.6 Å². The van der Waals surface area contributed by atoms with E-state index < -0.39 is 0 Å².